The number of carbonyl (C=O) groups is 2. The predicted octanol–water partition coefficient (Wildman–Crippen LogP) is 0.715. The standard InChI is InChI=1S/C13H11BrO6/c1-18-12(15)10(13(16)19-2)7-11(20-17)8-3-5-9(14)6-4-8/h3-7H,1-2H3. The van der Waals surface area contributed by atoms with Crippen LogP contribution < -0.4 is 5.26 Å². The molecule has 0 aliphatic rings. The Morgan fingerprint density at radius 2 is 1.65 bits per heavy atom. The number of halogens is 1. The fourth-order valence-corrected chi connectivity index (χ4v) is 1.59. The third-order valence-corrected chi connectivity index (χ3v) is 2.83. The molecule has 0 fully saturated rings. The molecule has 1 aromatic carbocycles. The lowest BCUT2D eigenvalue weighted by atomic mass is 10.1. The maximum atomic E-state index is 11.5. The minimum absolute atomic E-state index is 0.205. The van der Waals surface area contributed by atoms with E-state index in [1.807, 2.05) is 0 Å². The van der Waals surface area contributed by atoms with E-state index in [2.05, 4.69) is 30.0 Å². The van der Waals surface area contributed by atoms with Crippen LogP contribution in [0.5, 0.6) is 0 Å². The normalized spacial score (nSPS) is 10.7. The SMILES string of the molecule is COC(=O)C(=CC(=[O+][O-])c1ccc(Br)cc1)C(=O)OC. The van der Waals surface area contributed by atoms with Crippen LogP contribution >= 0.6 is 15.9 Å². The molecular weight excluding hydrogens is 332 g/mol. The lowest BCUT2D eigenvalue weighted by Crippen LogP contribution is -2.18. The van der Waals surface area contributed by atoms with Crippen LogP contribution in [0.15, 0.2) is 40.4 Å². The maximum Gasteiger partial charge on any atom is 0.384 e. The van der Waals surface area contributed by atoms with Gasteiger partial charge in [-0.2, -0.15) is 4.58 Å². The van der Waals surface area contributed by atoms with Crippen molar-refractivity contribution in [1.82, 2.24) is 0 Å². The van der Waals surface area contributed by atoms with Crippen LogP contribution in [-0.4, -0.2) is 31.9 Å². The molecule has 0 amide bonds. The number of esters is 2. The molecule has 20 heavy (non-hydrogen) atoms. The summed E-state index contributed by atoms with van der Waals surface area (Å²) in [5.41, 5.74) is -0.0442. The van der Waals surface area contributed by atoms with E-state index < -0.39 is 17.5 Å². The average molecular weight is 343 g/mol. The Bertz CT molecular complexity index is 541. The van der Waals surface area contributed by atoms with Gasteiger partial charge in [0.05, 0.1) is 25.9 Å². The monoisotopic (exact) mass is 342 g/mol. The Labute approximate surface area is 123 Å². The Balaban J connectivity index is 3.22. The fraction of sp³-hybridized carbons (Fsp3) is 0.154. The molecule has 106 valence electrons. The maximum absolute atomic E-state index is 11.5. The summed E-state index contributed by atoms with van der Waals surface area (Å²) >= 11 is 3.24. The van der Waals surface area contributed by atoms with Crippen molar-refractivity contribution < 1.29 is 28.9 Å². The van der Waals surface area contributed by atoms with Crippen LogP contribution in [0.4, 0.5) is 0 Å². The summed E-state index contributed by atoms with van der Waals surface area (Å²) in [5.74, 6) is -2.06. The van der Waals surface area contributed by atoms with Gasteiger partial charge in [0.25, 0.3) is 0 Å². The van der Waals surface area contributed by atoms with E-state index in [1.165, 1.54) is 0 Å². The molecule has 0 saturated carbocycles. The fourth-order valence-electron chi connectivity index (χ4n) is 1.32. The van der Waals surface area contributed by atoms with Crippen LogP contribution in [0.2, 0.25) is 0 Å². The number of allylic oxidation sites excluding steroid dienone is 1. The summed E-state index contributed by atoms with van der Waals surface area (Å²) in [6, 6.07) is 6.52. The molecule has 0 atom stereocenters. The van der Waals surface area contributed by atoms with Crippen LogP contribution in [0.1, 0.15) is 10.1 Å². The van der Waals surface area contributed by atoms with Crippen molar-refractivity contribution in [3.05, 3.63) is 46.0 Å². The highest BCUT2D eigenvalue weighted by Gasteiger charge is 2.24. The highest BCUT2D eigenvalue weighted by molar-refractivity contribution is 9.10. The van der Waals surface area contributed by atoms with E-state index in [0.717, 1.165) is 24.8 Å². The second-order valence-corrected chi connectivity index (χ2v) is 4.41. The van der Waals surface area contributed by atoms with Crippen LogP contribution in [0.3, 0.4) is 0 Å². The molecule has 6 nitrogen and oxygen atoms in total. The van der Waals surface area contributed by atoms with Crippen LogP contribution in [0.25, 0.3) is 0 Å². The highest BCUT2D eigenvalue weighted by Crippen LogP contribution is 2.13. The molecule has 1 aromatic rings. The Morgan fingerprint density at radius 1 is 1.15 bits per heavy atom. The lowest BCUT2D eigenvalue weighted by molar-refractivity contribution is -0.937. The van der Waals surface area contributed by atoms with Crippen LogP contribution in [0, 0.1) is 0 Å². The molecule has 0 aromatic heterocycles. The summed E-state index contributed by atoms with van der Waals surface area (Å²) < 4.78 is 13.7. The van der Waals surface area contributed by atoms with Gasteiger partial charge in [-0.3, -0.25) is 0 Å². The molecule has 0 spiro atoms. The molecule has 0 bridgehead atoms. The topological polar surface area (TPSA) is 87.0 Å². The summed E-state index contributed by atoms with van der Waals surface area (Å²) in [7, 11) is 2.22. The van der Waals surface area contributed by atoms with Crippen molar-refractivity contribution in [3.63, 3.8) is 0 Å². The van der Waals surface area contributed by atoms with E-state index in [4.69, 9.17) is 0 Å². The smallest absolute Gasteiger partial charge is 0.384 e. The van der Waals surface area contributed by atoms with Gasteiger partial charge in [0, 0.05) is 4.47 Å². The van der Waals surface area contributed by atoms with Crippen molar-refractivity contribution in [3.8, 4) is 0 Å². The van der Waals surface area contributed by atoms with Gasteiger partial charge in [0.1, 0.15) is 0 Å². The zero-order valence-corrected chi connectivity index (χ0v) is 12.3. The minimum Gasteiger partial charge on any atom is -0.465 e. The molecule has 0 N–H and O–H groups in total. The van der Waals surface area contributed by atoms with Gasteiger partial charge in [-0.25, -0.2) is 9.59 Å². The lowest BCUT2D eigenvalue weighted by Gasteiger charge is -2.01. The van der Waals surface area contributed by atoms with E-state index >= 15 is 0 Å². The molecule has 0 aliphatic heterocycles. The van der Waals surface area contributed by atoms with Crippen molar-refractivity contribution in [2.75, 3.05) is 14.2 Å². The molecule has 7 heteroatoms. The predicted molar refractivity (Wildman–Crippen MR) is 70.6 cm³/mol. The van der Waals surface area contributed by atoms with Crippen molar-refractivity contribution in [2.45, 2.75) is 0 Å². The zero-order valence-electron chi connectivity index (χ0n) is 10.7. The third kappa shape index (κ3) is 3.92. The van der Waals surface area contributed by atoms with E-state index in [1.54, 1.807) is 24.3 Å². The summed E-state index contributed by atoms with van der Waals surface area (Å²) in [6.07, 6.45) is 0.980. The third-order valence-electron chi connectivity index (χ3n) is 2.30. The van der Waals surface area contributed by atoms with Gasteiger partial charge >= 0.3 is 17.7 Å². The number of rotatable bonds is 4. The summed E-state index contributed by atoms with van der Waals surface area (Å²) in [6.45, 7) is 0. The molecule has 0 unspecified atom stereocenters. The first kappa shape index (κ1) is 15.9. The Hall–Kier alpha value is -2.15. The Kier molecular flexibility index (Phi) is 5.92. The molecule has 0 heterocycles. The first-order valence-corrected chi connectivity index (χ1v) is 6.13. The van der Waals surface area contributed by atoms with Crippen molar-refractivity contribution >= 4 is 33.7 Å². The highest BCUT2D eigenvalue weighted by atomic mass is 79.9. The zero-order chi connectivity index (χ0) is 15.1. The number of benzene rings is 1. The molecule has 1 rings (SSSR count). The van der Waals surface area contributed by atoms with Gasteiger partial charge in [0.2, 0.25) is 0 Å². The van der Waals surface area contributed by atoms with Crippen LogP contribution in [-0.2, 0) is 19.1 Å². The van der Waals surface area contributed by atoms with Gasteiger partial charge in [-0.05, 0) is 24.3 Å². The number of ether oxygens (including phenoxy) is 2. The molecule has 0 aliphatic carbocycles. The number of carbonyl (C=O) groups excluding carboxylic acids is 3. The Morgan fingerprint density at radius 3 is 2.05 bits per heavy atom. The first-order chi connectivity index (χ1) is 9.53. The summed E-state index contributed by atoms with van der Waals surface area (Å²) in [4.78, 5) is 23.0. The summed E-state index contributed by atoms with van der Waals surface area (Å²) in [5, 5.41) is 10.8. The molecule has 0 saturated heterocycles. The van der Waals surface area contributed by atoms with Crippen molar-refractivity contribution in [2.24, 2.45) is 0 Å². The van der Waals surface area contributed by atoms with Crippen molar-refractivity contribution in [1.29, 1.82) is 0 Å². The second kappa shape index (κ2) is 7.44. The number of hydrogen-bond donors (Lipinski definition) is 0. The minimum atomic E-state index is -0.927. The van der Waals surface area contributed by atoms with Gasteiger partial charge < -0.3 is 14.7 Å². The van der Waals surface area contributed by atoms with E-state index in [-0.39, 0.29) is 5.78 Å². The van der Waals surface area contributed by atoms with Gasteiger partial charge in [-0.1, -0.05) is 15.9 Å². The van der Waals surface area contributed by atoms with E-state index in [0.29, 0.717) is 5.56 Å². The van der Waals surface area contributed by atoms with E-state index in [9.17, 15) is 14.8 Å². The average Bonchev–Trinajstić information content (AvgIpc) is 2.48. The quantitative estimate of drug-likeness (QED) is 0.117. The number of hydrogen-bond acceptors (Lipinski definition) is 5. The largest absolute Gasteiger partial charge is 0.465 e. The first-order valence-electron chi connectivity index (χ1n) is 5.34. The van der Waals surface area contributed by atoms with Gasteiger partial charge in [-0.15, -0.1) is 0 Å². The molecular formula is C13H11BrO6. The second-order valence-electron chi connectivity index (χ2n) is 3.50. The number of methoxy groups -OCH3 is 2. The van der Waals surface area contributed by atoms with Gasteiger partial charge in [0.15, 0.2) is 5.57 Å². The molecule has 0 radical (unpaired) electrons. The number of ketones is 1.